The van der Waals surface area contributed by atoms with Crippen molar-refractivity contribution in [3.63, 3.8) is 0 Å². The molecule has 0 unspecified atom stereocenters. The quantitative estimate of drug-likeness (QED) is 0.600. The van der Waals surface area contributed by atoms with Crippen molar-refractivity contribution >= 4 is 17.1 Å². The molecule has 8 rings (SSSR count). The van der Waals surface area contributed by atoms with E-state index in [1.807, 2.05) is 10.7 Å². The van der Waals surface area contributed by atoms with Crippen molar-refractivity contribution in [2.24, 2.45) is 5.92 Å². The average molecular weight is 456 g/mol. The minimum Gasteiger partial charge on any atom is -0.366 e. The van der Waals surface area contributed by atoms with Crippen LogP contribution in [0.15, 0.2) is 48.8 Å². The van der Waals surface area contributed by atoms with E-state index in [2.05, 4.69) is 62.4 Å². The number of hydrogen-bond acceptors (Lipinski definition) is 4. The summed E-state index contributed by atoms with van der Waals surface area (Å²) in [6.45, 7) is 7.16. The second kappa shape index (κ2) is 7.84. The monoisotopic (exact) mass is 455 g/mol. The van der Waals surface area contributed by atoms with E-state index < -0.39 is 0 Å². The fourth-order valence-electron chi connectivity index (χ4n) is 6.46. The van der Waals surface area contributed by atoms with Gasteiger partial charge in [0, 0.05) is 50.1 Å². The van der Waals surface area contributed by atoms with Crippen molar-refractivity contribution in [3.05, 3.63) is 54.4 Å². The zero-order chi connectivity index (χ0) is 22.7. The molecule has 3 aromatic rings. The molecule has 1 amide bonds. The number of fused-ring (bicyclic) bond motifs is 4. The Hall–Kier alpha value is -2.86. The molecular formula is C28H33N5O. The third kappa shape index (κ3) is 3.42. The number of carbonyl (C=O) groups is 1. The van der Waals surface area contributed by atoms with Crippen LogP contribution in [0.4, 0.5) is 5.69 Å². The van der Waals surface area contributed by atoms with E-state index in [1.54, 1.807) is 0 Å². The maximum absolute atomic E-state index is 12.4. The van der Waals surface area contributed by atoms with Crippen LogP contribution in [0.1, 0.15) is 37.7 Å². The standard InChI is InChI=1S/C28H33N5O/c34-27(22-1-2-22)32-17-15-31(16-18-32)25-7-11-29-33-20-23(19-26(25)33)21-3-5-24(6-4-21)28-8-12-30(13-9-28)14-10-28/h3-7,11,19-20,22H,1-2,8-10,12-18H2. The number of nitrogens with zero attached hydrogens (tertiary/aromatic N) is 5. The summed E-state index contributed by atoms with van der Waals surface area (Å²) in [5.74, 6) is 0.676. The summed E-state index contributed by atoms with van der Waals surface area (Å²) in [7, 11) is 0. The third-order valence-corrected chi connectivity index (χ3v) is 8.90. The number of rotatable bonds is 4. The molecule has 1 aliphatic carbocycles. The molecule has 0 spiro atoms. The van der Waals surface area contributed by atoms with Gasteiger partial charge in [0.2, 0.25) is 5.91 Å². The number of hydrogen-bond donors (Lipinski definition) is 0. The fourth-order valence-corrected chi connectivity index (χ4v) is 6.46. The van der Waals surface area contributed by atoms with E-state index in [0.29, 0.717) is 17.2 Å². The van der Waals surface area contributed by atoms with Crippen LogP contribution in [0.25, 0.3) is 16.6 Å². The van der Waals surface area contributed by atoms with Gasteiger partial charge in [-0.3, -0.25) is 4.79 Å². The SMILES string of the molecule is O=C(C1CC1)N1CCN(c2ccnn3cc(-c4ccc(C56CCN(CC5)CC6)cc4)cc23)CC1. The summed E-state index contributed by atoms with van der Waals surface area (Å²) >= 11 is 0. The molecule has 6 nitrogen and oxygen atoms in total. The Balaban J connectivity index is 1.12. The molecule has 2 aromatic heterocycles. The van der Waals surface area contributed by atoms with Crippen molar-refractivity contribution in [1.82, 2.24) is 19.4 Å². The molecule has 176 valence electrons. The van der Waals surface area contributed by atoms with Crippen molar-refractivity contribution in [3.8, 4) is 11.1 Å². The summed E-state index contributed by atoms with van der Waals surface area (Å²) in [4.78, 5) is 19.5. The van der Waals surface area contributed by atoms with Gasteiger partial charge in [-0.1, -0.05) is 24.3 Å². The molecular weight excluding hydrogens is 422 g/mol. The Labute approximate surface area is 201 Å². The molecule has 0 radical (unpaired) electrons. The number of aromatic nitrogens is 2. The second-order valence-corrected chi connectivity index (χ2v) is 10.8. The lowest BCUT2D eigenvalue weighted by Crippen LogP contribution is -2.50. The Morgan fingerprint density at radius 3 is 2.24 bits per heavy atom. The van der Waals surface area contributed by atoms with Crippen molar-refractivity contribution < 1.29 is 4.79 Å². The molecule has 1 saturated carbocycles. The van der Waals surface area contributed by atoms with Gasteiger partial charge in [0.05, 0.1) is 11.2 Å². The van der Waals surface area contributed by atoms with Crippen molar-refractivity contribution in [2.45, 2.75) is 37.5 Å². The van der Waals surface area contributed by atoms with Crippen LogP contribution >= 0.6 is 0 Å². The Kier molecular flexibility index (Phi) is 4.73. The van der Waals surface area contributed by atoms with E-state index in [1.165, 1.54) is 61.3 Å². The lowest BCUT2D eigenvalue weighted by atomic mass is 9.67. The smallest absolute Gasteiger partial charge is 0.225 e. The molecule has 0 atom stereocenters. The van der Waals surface area contributed by atoms with Crippen LogP contribution in [-0.2, 0) is 10.2 Å². The first kappa shape index (κ1) is 20.5. The summed E-state index contributed by atoms with van der Waals surface area (Å²) < 4.78 is 2.01. The van der Waals surface area contributed by atoms with Gasteiger partial charge in [-0.05, 0) is 80.4 Å². The Morgan fingerprint density at radius 2 is 1.56 bits per heavy atom. The summed E-state index contributed by atoms with van der Waals surface area (Å²) in [5, 5.41) is 4.60. The number of anilines is 1. The van der Waals surface area contributed by atoms with Gasteiger partial charge >= 0.3 is 0 Å². The maximum atomic E-state index is 12.4. The molecule has 5 aliphatic rings. The molecule has 1 aromatic carbocycles. The molecule has 34 heavy (non-hydrogen) atoms. The van der Waals surface area contributed by atoms with E-state index >= 15 is 0 Å². The minimum absolute atomic E-state index is 0.310. The Bertz CT molecular complexity index is 1200. The van der Waals surface area contributed by atoms with Crippen molar-refractivity contribution in [1.29, 1.82) is 0 Å². The molecule has 4 aliphatic heterocycles. The van der Waals surface area contributed by atoms with Gasteiger partial charge in [0.15, 0.2) is 0 Å². The first-order valence-corrected chi connectivity index (χ1v) is 13.0. The van der Waals surface area contributed by atoms with Gasteiger partial charge in [0.25, 0.3) is 0 Å². The zero-order valence-corrected chi connectivity index (χ0v) is 19.8. The average Bonchev–Trinajstić information content (AvgIpc) is 3.67. The van der Waals surface area contributed by atoms with Gasteiger partial charge in [-0.2, -0.15) is 5.10 Å². The first-order valence-electron chi connectivity index (χ1n) is 13.0. The lowest BCUT2D eigenvalue weighted by molar-refractivity contribution is -0.132. The molecule has 0 N–H and O–H groups in total. The van der Waals surface area contributed by atoms with E-state index in [9.17, 15) is 4.79 Å². The summed E-state index contributed by atoms with van der Waals surface area (Å²) in [6, 6.07) is 13.8. The highest BCUT2D eigenvalue weighted by Gasteiger charge is 2.40. The van der Waals surface area contributed by atoms with Crippen LogP contribution in [-0.4, -0.2) is 71.1 Å². The van der Waals surface area contributed by atoms with E-state index in [0.717, 1.165) is 44.5 Å². The van der Waals surface area contributed by atoms with E-state index in [-0.39, 0.29) is 0 Å². The first-order chi connectivity index (χ1) is 16.7. The molecule has 5 fully saturated rings. The fraction of sp³-hybridized carbons (Fsp3) is 0.500. The second-order valence-electron chi connectivity index (χ2n) is 10.8. The zero-order valence-electron chi connectivity index (χ0n) is 19.8. The van der Waals surface area contributed by atoms with Gasteiger partial charge < -0.3 is 14.7 Å². The van der Waals surface area contributed by atoms with Gasteiger partial charge in [-0.25, -0.2) is 4.52 Å². The van der Waals surface area contributed by atoms with Crippen LogP contribution < -0.4 is 4.90 Å². The van der Waals surface area contributed by atoms with Crippen molar-refractivity contribution in [2.75, 3.05) is 50.7 Å². The van der Waals surface area contributed by atoms with Crippen LogP contribution in [0.2, 0.25) is 0 Å². The molecule has 6 heteroatoms. The van der Waals surface area contributed by atoms with Gasteiger partial charge in [-0.15, -0.1) is 0 Å². The number of carbonyl (C=O) groups excluding carboxylic acids is 1. The maximum Gasteiger partial charge on any atom is 0.225 e. The van der Waals surface area contributed by atoms with Crippen LogP contribution in [0, 0.1) is 5.92 Å². The number of benzene rings is 1. The van der Waals surface area contributed by atoms with Crippen LogP contribution in [0.5, 0.6) is 0 Å². The highest BCUT2D eigenvalue weighted by Crippen LogP contribution is 2.43. The lowest BCUT2D eigenvalue weighted by Gasteiger charge is -2.49. The molecule has 2 bridgehead atoms. The summed E-state index contributed by atoms with van der Waals surface area (Å²) in [6.07, 6.45) is 10.1. The number of piperidine rings is 3. The predicted octanol–water partition coefficient (Wildman–Crippen LogP) is 3.80. The predicted molar refractivity (Wildman–Crippen MR) is 134 cm³/mol. The molecule has 6 heterocycles. The largest absolute Gasteiger partial charge is 0.366 e. The normalized spacial score (nSPS) is 26.9. The highest BCUT2D eigenvalue weighted by molar-refractivity contribution is 5.82. The number of piperazine rings is 1. The highest BCUT2D eigenvalue weighted by atomic mass is 16.2. The molecule has 4 saturated heterocycles. The van der Waals surface area contributed by atoms with Crippen LogP contribution in [0.3, 0.4) is 0 Å². The number of amides is 1. The van der Waals surface area contributed by atoms with Gasteiger partial charge in [0.1, 0.15) is 0 Å². The topological polar surface area (TPSA) is 44.1 Å². The van der Waals surface area contributed by atoms with E-state index in [4.69, 9.17) is 0 Å². The minimum atomic E-state index is 0.310. The third-order valence-electron chi connectivity index (χ3n) is 8.90. The summed E-state index contributed by atoms with van der Waals surface area (Å²) in [5.41, 5.74) is 6.74. The Morgan fingerprint density at radius 1 is 0.853 bits per heavy atom.